The first-order valence-electron chi connectivity index (χ1n) is 3.29. The molecule has 4 nitrogen and oxygen atoms in total. The maximum absolute atomic E-state index is 11.8. The van der Waals surface area contributed by atoms with E-state index in [1.165, 1.54) is 0 Å². The largest absolute Gasteiger partial charge is 0.461 e. The molecule has 0 unspecified atom stereocenters. The Morgan fingerprint density at radius 1 is 1.29 bits per heavy atom. The lowest BCUT2D eigenvalue weighted by Crippen LogP contribution is -2.23. The minimum absolute atomic E-state index is 0.905. The van der Waals surface area contributed by atoms with Gasteiger partial charge in [0.05, 0.1) is 12.7 Å². The van der Waals surface area contributed by atoms with E-state index in [1.807, 2.05) is 0 Å². The molecule has 0 heterocycles. The first kappa shape index (κ1) is 12.5. The van der Waals surface area contributed by atoms with Gasteiger partial charge < -0.3 is 9.47 Å². The number of alkyl halides is 3. The number of esters is 2. The number of hydrogen-bond acceptors (Lipinski definition) is 4. The predicted molar refractivity (Wildman–Crippen MR) is 38.2 cm³/mol. The van der Waals surface area contributed by atoms with Gasteiger partial charge in [-0.3, -0.25) is 0 Å². The van der Waals surface area contributed by atoms with E-state index in [0.717, 1.165) is 7.11 Å². The third kappa shape index (κ3) is 3.92. The molecule has 0 aromatic carbocycles. The zero-order valence-corrected chi connectivity index (χ0v) is 7.18. The van der Waals surface area contributed by atoms with Crippen LogP contribution in [0.1, 0.15) is 0 Å². The molecule has 0 spiro atoms. The van der Waals surface area contributed by atoms with Gasteiger partial charge >= 0.3 is 18.1 Å². The van der Waals surface area contributed by atoms with Crippen LogP contribution in [0.4, 0.5) is 13.2 Å². The van der Waals surface area contributed by atoms with Crippen molar-refractivity contribution in [2.45, 2.75) is 6.18 Å². The highest BCUT2D eigenvalue weighted by Crippen LogP contribution is 2.23. The van der Waals surface area contributed by atoms with Gasteiger partial charge in [0.15, 0.2) is 0 Å². The molecule has 14 heavy (non-hydrogen) atoms. The third-order valence-corrected chi connectivity index (χ3v) is 1.13. The highest BCUT2D eigenvalue weighted by atomic mass is 19.4. The van der Waals surface area contributed by atoms with Gasteiger partial charge in [0.25, 0.3) is 0 Å². The summed E-state index contributed by atoms with van der Waals surface area (Å²) in [6.45, 7) is 1.54. The lowest BCUT2D eigenvalue weighted by atomic mass is 10.3. The van der Waals surface area contributed by atoms with Crippen LogP contribution < -0.4 is 0 Å². The summed E-state index contributed by atoms with van der Waals surface area (Å²) in [6.07, 6.45) is -4.64. The zero-order valence-electron chi connectivity index (χ0n) is 7.18. The minimum atomic E-state index is -4.64. The van der Waals surface area contributed by atoms with Gasteiger partial charge in [0.1, 0.15) is 6.61 Å². The average Bonchev–Trinajstić information content (AvgIpc) is 2.10. The van der Waals surface area contributed by atoms with Gasteiger partial charge in [-0.25, -0.2) is 9.59 Å². The van der Waals surface area contributed by atoms with Crippen molar-refractivity contribution in [2.24, 2.45) is 0 Å². The van der Waals surface area contributed by atoms with Crippen molar-refractivity contribution in [3.8, 4) is 0 Å². The van der Waals surface area contributed by atoms with Crippen LogP contribution in [0.2, 0.25) is 0 Å². The average molecular weight is 212 g/mol. The van der Waals surface area contributed by atoms with Crippen LogP contribution in [0.25, 0.3) is 0 Å². The lowest BCUT2D eigenvalue weighted by Gasteiger charge is -2.09. The van der Waals surface area contributed by atoms with Gasteiger partial charge in [-0.1, -0.05) is 6.58 Å². The molecule has 80 valence electrons. The van der Waals surface area contributed by atoms with Gasteiger partial charge in [0, 0.05) is 0 Å². The van der Waals surface area contributed by atoms with Crippen molar-refractivity contribution < 1.29 is 32.2 Å². The van der Waals surface area contributed by atoms with E-state index in [1.54, 1.807) is 0 Å². The number of hydrogen-bond donors (Lipinski definition) is 0. The number of carbonyl (C=O) groups is 2. The molecule has 0 atom stereocenters. The number of rotatable bonds is 2. The van der Waals surface area contributed by atoms with E-state index in [-0.39, 0.29) is 0 Å². The molecule has 0 bridgehead atoms. The summed E-state index contributed by atoms with van der Waals surface area (Å²) in [4.78, 5) is 20.9. The standard InChI is InChI=1S/C7H7F3O4/c1-4(7(8,9)10)3-14-6(12)5(11)13-2/h1,3H2,2H3. The fraction of sp³-hybridized carbons (Fsp3) is 0.429. The Morgan fingerprint density at radius 3 is 2.14 bits per heavy atom. The molecular weight excluding hydrogens is 205 g/mol. The van der Waals surface area contributed by atoms with Crippen LogP contribution >= 0.6 is 0 Å². The summed E-state index contributed by atoms with van der Waals surface area (Å²) in [7, 11) is 0.905. The first-order valence-corrected chi connectivity index (χ1v) is 3.29. The Balaban J connectivity index is 4.03. The number of halogens is 3. The zero-order chi connectivity index (χ0) is 11.4. The summed E-state index contributed by atoms with van der Waals surface area (Å²) in [6, 6.07) is 0. The highest BCUT2D eigenvalue weighted by Gasteiger charge is 2.33. The second-order valence-electron chi connectivity index (χ2n) is 2.17. The maximum atomic E-state index is 11.8. The maximum Gasteiger partial charge on any atom is 0.417 e. The fourth-order valence-electron chi connectivity index (χ4n) is 0.377. The molecule has 7 heteroatoms. The Kier molecular flexibility index (Phi) is 4.13. The van der Waals surface area contributed by atoms with E-state index in [2.05, 4.69) is 16.1 Å². The summed E-state index contributed by atoms with van der Waals surface area (Å²) in [5.74, 6) is -2.85. The van der Waals surface area contributed by atoms with Crippen LogP contribution in [0.5, 0.6) is 0 Å². The van der Waals surface area contributed by atoms with E-state index in [4.69, 9.17) is 0 Å². The topological polar surface area (TPSA) is 52.6 Å². The van der Waals surface area contributed by atoms with Crippen molar-refractivity contribution >= 4 is 11.9 Å². The number of carbonyl (C=O) groups excluding carboxylic acids is 2. The summed E-state index contributed by atoms with van der Waals surface area (Å²) >= 11 is 0. The second-order valence-corrected chi connectivity index (χ2v) is 2.17. The molecule has 0 aliphatic heterocycles. The number of methoxy groups -OCH3 is 1. The molecule has 0 amide bonds. The van der Waals surface area contributed by atoms with Crippen LogP contribution in [0.3, 0.4) is 0 Å². The van der Waals surface area contributed by atoms with Crippen LogP contribution in [0, 0.1) is 0 Å². The Morgan fingerprint density at radius 2 is 1.79 bits per heavy atom. The van der Waals surface area contributed by atoms with Crippen LogP contribution in [-0.4, -0.2) is 31.8 Å². The smallest absolute Gasteiger partial charge is 0.417 e. The third-order valence-electron chi connectivity index (χ3n) is 1.13. The Hall–Kier alpha value is -1.53. The Labute approximate surface area is 77.3 Å². The number of ether oxygens (including phenoxy) is 2. The van der Waals surface area contributed by atoms with Gasteiger partial charge in [-0.2, -0.15) is 13.2 Å². The molecule has 0 aromatic heterocycles. The molecular formula is C7H7F3O4. The molecule has 0 aliphatic carbocycles. The molecule has 0 saturated carbocycles. The minimum Gasteiger partial charge on any atom is -0.461 e. The van der Waals surface area contributed by atoms with E-state index in [0.29, 0.717) is 0 Å². The van der Waals surface area contributed by atoms with Gasteiger partial charge in [-0.15, -0.1) is 0 Å². The van der Waals surface area contributed by atoms with Crippen LogP contribution in [0.15, 0.2) is 12.2 Å². The van der Waals surface area contributed by atoms with Crippen molar-refractivity contribution in [2.75, 3.05) is 13.7 Å². The first-order chi connectivity index (χ1) is 6.29. The van der Waals surface area contributed by atoms with Crippen molar-refractivity contribution in [1.29, 1.82) is 0 Å². The monoisotopic (exact) mass is 212 g/mol. The molecule has 0 radical (unpaired) electrons. The summed E-state index contributed by atoms with van der Waals surface area (Å²) in [5.41, 5.74) is -1.25. The molecule has 0 N–H and O–H groups in total. The molecule has 0 aromatic rings. The fourth-order valence-corrected chi connectivity index (χ4v) is 0.377. The Bertz CT molecular complexity index is 256. The normalized spacial score (nSPS) is 10.6. The van der Waals surface area contributed by atoms with E-state index >= 15 is 0 Å². The molecule has 0 saturated heterocycles. The quantitative estimate of drug-likeness (QED) is 0.386. The molecule has 0 fully saturated rings. The molecule has 0 aliphatic rings. The van der Waals surface area contributed by atoms with E-state index < -0.39 is 30.3 Å². The SMILES string of the molecule is C=C(COC(=O)C(=O)OC)C(F)(F)F. The van der Waals surface area contributed by atoms with Crippen molar-refractivity contribution in [3.63, 3.8) is 0 Å². The van der Waals surface area contributed by atoms with Crippen LogP contribution in [-0.2, 0) is 19.1 Å². The summed E-state index contributed by atoms with van der Waals surface area (Å²) in [5, 5.41) is 0. The molecule has 0 rings (SSSR count). The second kappa shape index (κ2) is 4.64. The summed E-state index contributed by atoms with van der Waals surface area (Å²) < 4.78 is 43.2. The van der Waals surface area contributed by atoms with Crippen molar-refractivity contribution in [1.82, 2.24) is 0 Å². The lowest BCUT2D eigenvalue weighted by molar-refractivity contribution is -0.166. The van der Waals surface area contributed by atoms with Gasteiger partial charge in [-0.05, 0) is 0 Å². The van der Waals surface area contributed by atoms with Gasteiger partial charge in [0.2, 0.25) is 0 Å². The van der Waals surface area contributed by atoms with Crippen molar-refractivity contribution in [3.05, 3.63) is 12.2 Å². The van der Waals surface area contributed by atoms with E-state index in [9.17, 15) is 22.8 Å². The highest BCUT2D eigenvalue weighted by molar-refractivity contribution is 6.29. The predicted octanol–water partition coefficient (Wildman–Crippen LogP) is 0.821.